The Morgan fingerprint density at radius 1 is 1.33 bits per heavy atom. The van der Waals surface area contributed by atoms with Crippen molar-refractivity contribution >= 4 is 11.6 Å². The number of allylic oxidation sites excluding steroid dienone is 2. The molecule has 5 heteroatoms. The molecule has 0 radical (unpaired) electrons. The third kappa shape index (κ3) is 1.73. The Kier molecular flexibility index (Phi) is 3.29. The molecule has 2 saturated carbocycles. The quantitative estimate of drug-likeness (QED) is 0.572. The average Bonchev–Trinajstić information content (AvgIpc) is 3.31. The zero-order valence-electron chi connectivity index (χ0n) is 16.2. The van der Waals surface area contributed by atoms with Gasteiger partial charge >= 0.3 is 0 Å². The number of aliphatic hydroxyl groups is 2. The lowest BCUT2D eigenvalue weighted by molar-refractivity contribution is -0.165. The molecular formula is C22H28O5. The topological polar surface area (TPSA) is 87.1 Å². The summed E-state index contributed by atoms with van der Waals surface area (Å²) in [7, 11) is 0. The van der Waals surface area contributed by atoms with Crippen LogP contribution in [0, 0.1) is 28.6 Å². The molecule has 1 heterocycles. The molecular weight excluding hydrogens is 344 g/mol. The maximum absolute atomic E-state index is 12.6. The Bertz CT molecular complexity index is 814. The van der Waals surface area contributed by atoms with Gasteiger partial charge < -0.3 is 14.9 Å². The number of rotatable bonds is 2. The summed E-state index contributed by atoms with van der Waals surface area (Å²) in [6.45, 7) is 5.50. The molecule has 0 aromatic rings. The molecule has 146 valence electrons. The summed E-state index contributed by atoms with van der Waals surface area (Å²) in [6.07, 6.45) is 8.56. The second kappa shape index (κ2) is 5.00. The molecule has 5 aliphatic rings. The number of carbonyl (C=O) groups excluding carboxylic acids is 2. The van der Waals surface area contributed by atoms with Crippen LogP contribution < -0.4 is 0 Å². The number of epoxide rings is 1. The number of aliphatic hydroxyl groups excluding tert-OH is 1. The molecule has 0 aromatic carbocycles. The molecule has 1 aliphatic heterocycles. The number of carbonyl (C=O) groups is 2. The molecule has 0 aromatic heterocycles. The van der Waals surface area contributed by atoms with E-state index in [1.165, 1.54) is 0 Å². The van der Waals surface area contributed by atoms with Crippen molar-refractivity contribution in [1.82, 2.24) is 0 Å². The van der Waals surface area contributed by atoms with Crippen LogP contribution >= 0.6 is 0 Å². The van der Waals surface area contributed by atoms with E-state index in [9.17, 15) is 19.8 Å². The van der Waals surface area contributed by atoms with Gasteiger partial charge in [0.1, 0.15) is 17.8 Å². The molecule has 5 rings (SSSR count). The molecule has 8 atom stereocenters. The lowest BCUT2D eigenvalue weighted by Gasteiger charge is -2.54. The van der Waals surface area contributed by atoms with Crippen LogP contribution in [0.5, 0.6) is 0 Å². The van der Waals surface area contributed by atoms with E-state index in [2.05, 4.69) is 13.0 Å². The van der Waals surface area contributed by atoms with Crippen molar-refractivity contribution in [3.05, 3.63) is 23.8 Å². The zero-order chi connectivity index (χ0) is 19.4. The van der Waals surface area contributed by atoms with E-state index in [0.29, 0.717) is 12.8 Å². The highest BCUT2D eigenvalue weighted by molar-refractivity contribution is 5.94. The molecule has 1 saturated heterocycles. The van der Waals surface area contributed by atoms with Crippen LogP contribution in [0.2, 0.25) is 0 Å². The van der Waals surface area contributed by atoms with E-state index in [-0.39, 0.29) is 40.7 Å². The first-order valence-electron chi connectivity index (χ1n) is 10.1. The van der Waals surface area contributed by atoms with Crippen molar-refractivity contribution in [2.24, 2.45) is 28.6 Å². The van der Waals surface area contributed by atoms with Gasteiger partial charge in [0, 0.05) is 17.3 Å². The van der Waals surface area contributed by atoms with Crippen LogP contribution in [0.4, 0.5) is 0 Å². The second-order valence-electron chi connectivity index (χ2n) is 9.86. The summed E-state index contributed by atoms with van der Waals surface area (Å²) in [6, 6.07) is 0. The lowest BCUT2D eigenvalue weighted by Crippen LogP contribution is -2.62. The van der Waals surface area contributed by atoms with Crippen LogP contribution in [0.1, 0.15) is 46.5 Å². The molecule has 0 amide bonds. The summed E-state index contributed by atoms with van der Waals surface area (Å²) >= 11 is 0. The van der Waals surface area contributed by atoms with Gasteiger partial charge in [-0.25, -0.2) is 0 Å². The minimum Gasteiger partial charge on any atom is -0.388 e. The molecule has 1 spiro atoms. The molecule has 2 unspecified atom stereocenters. The van der Waals surface area contributed by atoms with Crippen molar-refractivity contribution in [3.8, 4) is 0 Å². The Balaban J connectivity index is 1.61. The van der Waals surface area contributed by atoms with Crippen LogP contribution in [0.15, 0.2) is 23.8 Å². The van der Waals surface area contributed by atoms with Crippen LogP contribution in [-0.2, 0) is 14.3 Å². The SMILES string of the molecule is CC1C[C@H]2[C@@H]3CC=C4CC(=O)C=C[C@]4(C)[C@]34OC4C[C@]2(C)[C@@]1(O)C(=O)CO. The molecule has 2 N–H and O–H groups in total. The Labute approximate surface area is 159 Å². The van der Waals surface area contributed by atoms with Gasteiger partial charge in [-0.2, -0.15) is 0 Å². The van der Waals surface area contributed by atoms with Gasteiger partial charge in [0.2, 0.25) is 0 Å². The molecule has 5 nitrogen and oxygen atoms in total. The third-order valence-electron chi connectivity index (χ3n) is 9.05. The van der Waals surface area contributed by atoms with E-state index < -0.39 is 23.4 Å². The smallest absolute Gasteiger partial charge is 0.190 e. The number of Topliss-reactive ketones (excluding diaryl/α,β-unsaturated/α-hetero) is 1. The molecule has 27 heavy (non-hydrogen) atoms. The fourth-order valence-electron chi connectivity index (χ4n) is 7.60. The van der Waals surface area contributed by atoms with Crippen molar-refractivity contribution < 1.29 is 24.5 Å². The molecule has 0 bridgehead atoms. The average molecular weight is 372 g/mol. The number of hydrogen-bond acceptors (Lipinski definition) is 5. The van der Waals surface area contributed by atoms with Gasteiger partial charge in [-0.3, -0.25) is 9.59 Å². The number of ether oxygens (including phenoxy) is 1. The van der Waals surface area contributed by atoms with E-state index >= 15 is 0 Å². The fourth-order valence-corrected chi connectivity index (χ4v) is 7.60. The zero-order valence-corrected chi connectivity index (χ0v) is 16.2. The summed E-state index contributed by atoms with van der Waals surface area (Å²) in [5, 5.41) is 21.0. The highest BCUT2D eigenvalue weighted by Gasteiger charge is 2.81. The van der Waals surface area contributed by atoms with Gasteiger partial charge in [-0.05, 0) is 50.0 Å². The summed E-state index contributed by atoms with van der Waals surface area (Å²) in [5.74, 6) is -0.162. The van der Waals surface area contributed by atoms with Crippen molar-refractivity contribution in [1.29, 1.82) is 0 Å². The summed E-state index contributed by atoms with van der Waals surface area (Å²) < 4.78 is 6.43. The first-order chi connectivity index (χ1) is 12.6. The third-order valence-corrected chi connectivity index (χ3v) is 9.05. The van der Waals surface area contributed by atoms with E-state index in [4.69, 9.17) is 4.74 Å². The number of hydrogen-bond donors (Lipinski definition) is 2. The van der Waals surface area contributed by atoms with Gasteiger partial charge in [0.05, 0.1) is 6.10 Å². The predicted octanol–water partition coefficient (Wildman–Crippen LogP) is 1.96. The highest BCUT2D eigenvalue weighted by Crippen LogP contribution is 2.75. The van der Waals surface area contributed by atoms with Gasteiger partial charge in [0.25, 0.3) is 0 Å². The second-order valence-corrected chi connectivity index (χ2v) is 9.86. The predicted molar refractivity (Wildman–Crippen MR) is 97.7 cm³/mol. The fraction of sp³-hybridized carbons (Fsp3) is 0.727. The summed E-state index contributed by atoms with van der Waals surface area (Å²) in [4.78, 5) is 24.6. The van der Waals surface area contributed by atoms with Crippen LogP contribution in [0.25, 0.3) is 0 Å². The first kappa shape index (κ1) is 17.8. The maximum atomic E-state index is 12.6. The Morgan fingerprint density at radius 3 is 2.78 bits per heavy atom. The normalized spacial score (nSPS) is 55.1. The van der Waals surface area contributed by atoms with Gasteiger partial charge in [-0.1, -0.05) is 31.6 Å². The van der Waals surface area contributed by atoms with Gasteiger partial charge in [0.15, 0.2) is 11.6 Å². The largest absolute Gasteiger partial charge is 0.388 e. The Hall–Kier alpha value is -1.30. The minimum atomic E-state index is -1.51. The first-order valence-corrected chi connectivity index (χ1v) is 10.1. The van der Waals surface area contributed by atoms with Gasteiger partial charge in [-0.15, -0.1) is 0 Å². The highest BCUT2D eigenvalue weighted by atomic mass is 16.6. The standard InChI is InChI=1S/C22H28O5/c1-12-8-16-15-5-4-13-9-14(24)6-7-19(13,2)22(15)18(27-22)10-20(16,3)21(12,26)17(25)11-23/h4,6-7,12,15-16,18,23,26H,5,8-11H2,1-3H3/t12?,15-,16-,18?,19-,20-,21-,22-/m0/s1. The lowest BCUT2D eigenvalue weighted by atomic mass is 9.47. The number of ketones is 2. The van der Waals surface area contributed by atoms with E-state index in [1.54, 1.807) is 6.08 Å². The van der Waals surface area contributed by atoms with Crippen LogP contribution in [-0.4, -0.2) is 45.7 Å². The Morgan fingerprint density at radius 2 is 2.07 bits per heavy atom. The van der Waals surface area contributed by atoms with Crippen molar-refractivity contribution in [3.63, 3.8) is 0 Å². The minimum absolute atomic E-state index is 0.0291. The maximum Gasteiger partial charge on any atom is 0.190 e. The van der Waals surface area contributed by atoms with Crippen molar-refractivity contribution in [2.45, 2.75) is 63.8 Å². The van der Waals surface area contributed by atoms with Crippen LogP contribution in [0.3, 0.4) is 0 Å². The summed E-state index contributed by atoms with van der Waals surface area (Å²) in [5.41, 5.74) is -1.57. The number of fused-ring (bicyclic) bond motifs is 3. The van der Waals surface area contributed by atoms with E-state index in [0.717, 1.165) is 18.4 Å². The van der Waals surface area contributed by atoms with Crippen molar-refractivity contribution in [2.75, 3.05) is 6.61 Å². The van der Waals surface area contributed by atoms with E-state index in [1.807, 2.05) is 19.9 Å². The molecule has 4 aliphatic carbocycles. The molecule has 3 fully saturated rings. The monoisotopic (exact) mass is 372 g/mol.